The molecule has 0 saturated heterocycles. The van der Waals surface area contributed by atoms with Crippen molar-refractivity contribution in [3.8, 4) is 0 Å². The highest BCUT2D eigenvalue weighted by molar-refractivity contribution is 14.0. The summed E-state index contributed by atoms with van der Waals surface area (Å²) < 4.78 is 5.79. The first-order valence-electron chi connectivity index (χ1n) is 9.69. The highest BCUT2D eigenvalue weighted by Crippen LogP contribution is 2.17. The number of hydrogen-bond acceptors (Lipinski definition) is 3. The molecule has 0 spiro atoms. The van der Waals surface area contributed by atoms with E-state index in [9.17, 15) is 0 Å². The highest BCUT2D eigenvalue weighted by Gasteiger charge is 2.13. The van der Waals surface area contributed by atoms with E-state index in [1.807, 2.05) is 0 Å². The van der Waals surface area contributed by atoms with Crippen molar-refractivity contribution in [2.75, 3.05) is 38.2 Å². The number of benzene rings is 1. The normalized spacial score (nSPS) is 15.0. The molecule has 0 aromatic heterocycles. The van der Waals surface area contributed by atoms with Gasteiger partial charge in [0.15, 0.2) is 5.96 Å². The van der Waals surface area contributed by atoms with Crippen LogP contribution in [0.4, 0.5) is 5.69 Å². The van der Waals surface area contributed by atoms with Crippen LogP contribution in [-0.4, -0.2) is 45.4 Å². The maximum Gasteiger partial charge on any atom is 0.191 e. The monoisotopic (exact) mass is 486 g/mol. The van der Waals surface area contributed by atoms with E-state index in [-0.39, 0.29) is 24.0 Å². The summed E-state index contributed by atoms with van der Waals surface area (Å²) in [7, 11) is 1.81. The van der Waals surface area contributed by atoms with Gasteiger partial charge in [0.05, 0.1) is 6.10 Å². The van der Waals surface area contributed by atoms with Crippen molar-refractivity contribution in [2.24, 2.45) is 10.9 Å². The minimum atomic E-state index is 0. The van der Waals surface area contributed by atoms with Crippen LogP contribution in [0, 0.1) is 5.92 Å². The molecule has 1 unspecified atom stereocenters. The van der Waals surface area contributed by atoms with E-state index in [2.05, 4.69) is 77.7 Å². The van der Waals surface area contributed by atoms with Crippen LogP contribution in [0.5, 0.6) is 0 Å². The van der Waals surface area contributed by atoms with Crippen molar-refractivity contribution in [2.45, 2.75) is 39.8 Å². The zero-order valence-corrected chi connectivity index (χ0v) is 19.4. The van der Waals surface area contributed by atoms with Crippen LogP contribution in [0.15, 0.2) is 41.4 Å². The van der Waals surface area contributed by atoms with Crippen LogP contribution < -0.4 is 15.5 Å². The minimum absolute atomic E-state index is 0. The molecule has 0 bridgehead atoms. The second-order valence-electron chi connectivity index (χ2n) is 6.92. The fourth-order valence-electron chi connectivity index (χ4n) is 3.08. The molecule has 1 aromatic carbocycles. The third kappa shape index (κ3) is 8.09. The lowest BCUT2D eigenvalue weighted by molar-refractivity contribution is 0.0258. The second-order valence-corrected chi connectivity index (χ2v) is 6.92. The standard InChI is InChI=1S/C21H34N4O.HI/c1-5-26-20(17(2)3)12-13-23-21(22-4)24-16-18-8-10-19(11-9-18)25-14-6-7-15-25;/h6-11,17,20H,5,12-16H2,1-4H3,(H2,22,23,24);1H. The largest absolute Gasteiger partial charge is 0.378 e. The lowest BCUT2D eigenvalue weighted by Crippen LogP contribution is -2.38. The van der Waals surface area contributed by atoms with Gasteiger partial charge in [-0.1, -0.05) is 38.1 Å². The molecule has 5 nitrogen and oxygen atoms in total. The van der Waals surface area contributed by atoms with Gasteiger partial charge in [0.25, 0.3) is 0 Å². The Morgan fingerprint density at radius 3 is 2.37 bits per heavy atom. The Labute approximate surface area is 181 Å². The first-order valence-corrected chi connectivity index (χ1v) is 9.69. The van der Waals surface area contributed by atoms with Crippen LogP contribution in [0.2, 0.25) is 0 Å². The van der Waals surface area contributed by atoms with Crippen LogP contribution in [0.3, 0.4) is 0 Å². The molecule has 2 N–H and O–H groups in total. The maximum atomic E-state index is 5.79. The molecule has 0 fully saturated rings. The summed E-state index contributed by atoms with van der Waals surface area (Å²) in [4.78, 5) is 6.66. The van der Waals surface area contributed by atoms with Crippen LogP contribution in [-0.2, 0) is 11.3 Å². The van der Waals surface area contributed by atoms with Gasteiger partial charge < -0.3 is 20.3 Å². The molecule has 152 valence electrons. The Bertz CT molecular complexity index is 578. The number of nitrogens with one attached hydrogen (secondary N) is 2. The molecule has 1 atom stereocenters. The predicted octanol–water partition coefficient (Wildman–Crippen LogP) is 3.80. The van der Waals surface area contributed by atoms with Crippen molar-refractivity contribution in [3.05, 3.63) is 42.0 Å². The topological polar surface area (TPSA) is 48.9 Å². The Kier molecular flexibility index (Phi) is 11.4. The fraction of sp³-hybridized carbons (Fsp3) is 0.571. The number of rotatable bonds is 9. The Morgan fingerprint density at radius 1 is 1.15 bits per heavy atom. The number of anilines is 1. The zero-order chi connectivity index (χ0) is 18.8. The maximum absolute atomic E-state index is 5.79. The van der Waals surface area contributed by atoms with Crippen molar-refractivity contribution in [1.82, 2.24) is 10.6 Å². The molecule has 27 heavy (non-hydrogen) atoms. The van der Waals surface area contributed by atoms with Gasteiger partial charge in [-0.25, -0.2) is 0 Å². The Balaban J connectivity index is 0.00000364. The first kappa shape index (κ1) is 23.8. The average Bonchev–Trinajstić information content (AvgIpc) is 3.18. The van der Waals surface area contributed by atoms with Crippen LogP contribution in [0.1, 0.15) is 32.8 Å². The SMILES string of the molecule is CCOC(CCNC(=NC)NCc1ccc(N2CC=CC2)cc1)C(C)C.I. The van der Waals surface area contributed by atoms with Gasteiger partial charge in [-0.3, -0.25) is 4.99 Å². The molecular weight excluding hydrogens is 451 g/mol. The molecule has 1 heterocycles. The molecule has 1 aliphatic heterocycles. The summed E-state index contributed by atoms with van der Waals surface area (Å²) in [6, 6.07) is 8.74. The smallest absolute Gasteiger partial charge is 0.191 e. The fourth-order valence-corrected chi connectivity index (χ4v) is 3.08. The molecule has 0 saturated carbocycles. The molecule has 0 amide bonds. The van der Waals surface area contributed by atoms with Gasteiger partial charge in [-0.2, -0.15) is 0 Å². The molecule has 1 aliphatic rings. The molecular formula is C21H35IN4O. The van der Waals surface area contributed by atoms with E-state index >= 15 is 0 Å². The van der Waals surface area contributed by atoms with E-state index in [0.29, 0.717) is 12.0 Å². The number of aliphatic imine (C=N–C) groups is 1. The van der Waals surface area contributed by atoms with Gasteiger partial charge in [-0.05, 0) is 37.0 Å². The third-order valence-electron chi connectivity index (χ3n) is 4.65. The van der Waals surface area contributed by atoms with E-state index in [0.717, 1.165) is 45.2 Å². The van der Waals surface area contributed by atoms with E-state index in [1.165, 1.54) is 11.3 Å². The number of halogens is 1. The second kappa shape index (κ2) is 13.0. The summed E-state index contributed by atoms with van der Waals surface area (Å²) in [6.07, 6.45) is 5.68. The molecule has 1 aromatic rings. The van der Waals surface area contributed by atoms with E-state index < -0.39 is 0 Å². The Morgan fingerprint density at radius 2 is 1.81 bits per heavy atom. The van der Waals surface area contributed by atoms with E-state index in [1.54, 1.807) is 7.05 Å². The van der Waals surface area contributed by atoms with Crippen molar-refractivity contribution < 1.29 is 4.74 Å². The van der Waals surface area contributed by atoms with Gasteiger partial charge >= 0.3 is 0 Å². The molecule has 6 heteroatoms. The summed E-state index contributed by atoms with van der Waals surface area (Å²) in [5, 5.41) is 6.76. The number of hydrogen-bond donors (Lipinski definition) is 2. The summed E-state index contributed by atoms with van der Waals surface area (Å²) >= 11 is 0. The summed E-state index contributed by atoms with van der Waals surface area (Å²) in [6.45, 7) is 10.8. The quantitative estimate of drug-likeness (QED) is 0.241. The average molecular weight is 486 g/mol. The summed E-state index contributed by atoms with van der Waals surface area (Å²) in [5.41, 5.74) is 2.52. The Hall–Kier alpha value is -1.28. The third-order valence-corrected chi connectivity index (χ3v) is 4.65. The predicted molar refractivity (Wildman–Crippen MR) is 126 cm³/mol. The van der Waals surface area contributed by atoms with E-state index in [4.69, 9.17) is 4.74 Å². The lowest BCUT2D eigenvalue weighted by atomic mass is 10.0. The molecule has 2 rings (SSSR count). The van der Waals surface area contributed by atoms with Crippen LogP contribution >= 0.6 is 24.0 Å². The van der Waals surface area contributed by atoms with Crippen molar-refractivity contribution in [1.29, 1.82) is 0 Å². The molecule has 0 aliphatic carbocycles. The van der Waals surface area contributed by atoms with Crippen LogP contribution in [0.25, 0.3) is 0 Å². The highest BCUT2D eigenvalue weighted by atomic mass is 127. The van der Waals surface area contributed by atoms with Gasteiger partial charge in [0.1, 0.15) is 0 Å². The summed E-state index contributed by atoms with van der Waals surface area (Å²) in [5.74, 6) is 1.35. The number of nitrogens with zero attached hydrogens (tertiary/aromatic N) is 2. The lowest BCUT2D eigenvalue weighted by Gasteiger charge is -2.21. The van der Waals surface area contributed by atoms with Gasteiger partial charge in [0, 0.05) is 45.5 Å². The number of guanidine groups is 1. The first-order chi connectivity index (χ1) is 12.6. The zero-order valence-electron chi connectivity index (χ0n) is 17.1. The van der Waals surface area contributed by atoms with Gasteiger partial charge in [-0.15, -0.1) is 24.0 Å². The van der Waals surface area contributed by atoms with Gasteiger partial charge in [0.2, 0.25) is 0 Å². The minimum Gasteiger partial charge on any atom is -0.378 e. The molecule has 0 radical (unpaired) electrons. The van der Waals surface area contributed by atoms with Crippen molar-refractivity contribution >= 4 is 35.6 Å². The number of ether oxygens (including phenoxy) is 1. The van der Waals surface area contributed by atoms with Crippen molar-refractivity contribution in [3.63, 3.8) is 0 Å².